The summed E-state index contributed by atoms with van der Waals surface area (Å²) in [7, 11) is 0. The van der Waals surface area contributed by atoms with Crippen molar-refractivity contribution in [1.82, 2.24) is 0 Å². The Labute approximate surface area is 105 Å². The first kappa shape index (κ1) is 12.6. The van der Waals surface area contributed by atoms with Gasteiger partial charge >= 0.3 is 5.69 Å². The Kier molecular flexibility index (Phi) is 3.63. The van der Waals surface area contributed by atoms with E-state index in [-0.39, 0.29) is 11.8 Å². The molecule has 1 unspecified atom stereocenters. The molecule has 0 aliphatic carbocycles. The molecule has 0 spiro atoms. The van der Waals surface area contributed by atoms with Gasteiger partial charge < -0.3 is 15.1 Å². The van der Waals surface area contributed by atoms with Gasteiger partial charge in [-0.25, -0.2) is 0 Å². The fourth-order valence-corrected chi connectivity index (χ4v) is 2.13. The van der Waals surface area contributed by atoms with Crippen LogP contribution in [0.2, 0.25) is 0 Å². The van der Waals surface area contributed by atoms with E-state index in [9.17, 15) is 10.1 Å². The highest BCUT2D eigenvalue weighted by Crippen LogP contribution is 2.35. The number of rotatable bonds is 3. The number of para-hydroxylation sites is 1. The third kappa shape index (κ3) is 2.36. The lowest BCUT2D eigenvalue weighted by Crippen LogP contribution is -2.41. The summed E-state index contributed by atoms with van der Waals surface area (Å²) in [6, 6.07) is 5.07. The first-order chi connectivity index (χ1) is 8.63. The molecule has 98 valence electrons. The van der Waals surface area contributed by atoms with E-state index in [1.165, 1.54) is 0 Å². The lowest BCUT2D eigenvalue weighted by atomic mass is 10.2. The molecule has 1 aliphatic heterocycles. The SMILES string of the molecule is CC1CN(c2cccc(NN)c2[N+](=O)[O-])CCO1. The predicted molar refractivity (Wildman–Crippen MR) is 68.5 cm³/mol. The molecule has 0 radical (unpaired) electrons. The maximum Gasteiger partial charge on any atom is 0.316 e. The number of anilines is 2. The van der Waals surface area contributed by atoms with Crippen LogP contribution in [0.25, 0.3) is 0 Å². The van der Waals surface area contributed by atoms with E-state index in [1.807, 2.05) is 11.8 Å². The topological polar surface area (TPSA) is 93.7 Å². The maximum absolute atomic E-state index is 11.2. The van der Waals surface area contributed by atoms with E-state index in [0.29, 0.717) is 31.1 Å². The van der Waals surface area contributed by atoms with Crippen LogP contribution < -0.4 is 16.2 Å². The van der Waals surface area contributed by atoms with Crippen LogP contribution in [0.1, 0.15) is 6.92 Å². The van der Waals surface area contributed by atoms with Gasteiger partial charge in [0.05, 0.1) is 17.6 Å². The molecule has 0 saturated carbocycles. The van der Waals surface area contributed by atoms with Gasteiger partial charge in [0.15, 0.2) is 0 Å². The van der Waals surface area contributed by atoms with Gasteiger partial charge in [0.1, 0.15) is 11.4 Å². The van der Waals surface area contributed by atoms with E-state index in [2.05, 4.69) is 5.43 Å². The van der Waals surface area contributed by atoms with Crippen LogP contribution in [0.4, 0.5) is 17.1 Å². The summed E-state index contributed by atoms with van der Waals surface area (Å²) in [4.78, 5) is 12.7. The molecule has 3 N–H and O–H groups in total. The van der Waals surface area contributed by atoms with Gasteiger partial charge in [-0.2, -0.15) is 0 Å². The number of ether oxygens (including phenoxy) is 1. The quantitative estimate of drug-likeness (QED) is 0.475. The monoisotopic (exact) mass is 252 g/mol. The molecular weight excluding hydrogens is 236 g/mol. The standard InChI is InChI=1S/C11H16N4O3/c1-8-7-14(5-6-18-8)10-4-2-3-9(13-12)11(10)15(16)17/h2-4,8,13H,5-7,12H2,1H3. The number of benzene rings is 1. The van der Waals surface area contributed by atoms with Crippen LogP contribution in [-0.4, -0.2) is 30.7 Å². The highest BCUT2D eigenvalue weighted by atomic mass is 16.6. The van der Waals surface area contributed by atoms with Gasteiger partial charge in [-0.1, -0.05) is 6.07 Å². The van der Waals surface area contributed by atoms with Crippen molar-refractivity contribution < 1.29 is 9.66 Å². The molecule has 1 atom stereocenters. The molecule has 2 rings (SSSR count). The Morgan fingerprint density at radius 3 is 3.00 bits per heavy atom. The predicted octanol–water partition coefficient (Wildman–Crippen LogP) is 1.11. The number of nitrogens with one attached hydrogen (secondary N) is 1. The molecule has 0 aromatic heterocycles. The summed E-state index contributed by atoms with van der Waals surface area (Å²) in [5.41, 5.74) is 3.27. The first-order valence-electron chi connectivity index (χ1n) is 5.74. The molecule has 1 aliphatic rings. The van der Waals surface area contributed by atoms with Crippen molar-refractivity contribution in [3.05, 3.63) is 28.3 Å². The smallest absolute Gasteiger partial charge is 0.316 e. The normalized spacial score (nSPS) is 19.7. The molecule has 18 heavy (non-hydrogen) atoms. The number of morpholine rings is 1. The number of hydrogen-bond acceptors (Lipinski definition) is 6. The number of nitrogens with two attached hydrogens (primary N) is 1. The zero-order valence-corrected chi connectivity index (χ0v) is 10.1. The van der Waals surface area contributed by atoms with Crippen molar-refractivity contribution >= 4 is 17.1 Å². The molecule has 1 saturated heterocycles. The average Bonchev–Trinajstić information content (AvgIpc) is 2.37. The van der Waals surface area contributed by atoms with Crippen LogP contribution in [0.5, 0.6) is 0 Å². The van der Waals surface area contributed by atoms with Gasteiger partial charge in [-0.3, -0.25) is 16.0 Å². The Morgan fingerprint density at radius 2 is 2.39 bits per heavy atom. The summed E-state index contributed by atoms with van der Waals surface area (Å²) in [5.74, 6) is 5.32. The Balaban J connectivity index is 2.40. The van der Waals surface area contributed by atoms with E-state index < -0.39 is 4.92 Å². The first-order valence-corrected chi connectivity index (χ1v) is 5.74. The average molecular weight is 252 g/mol. The second-order valence-corrected chi connectivity index (χ2v) is 4.20. The number of nitrogen functional groups attached to an aromatic ring is 1. The van der Waals surface area contributed by atoms with E-state index >= 15 is 0 Å². The third-order valence-electron chi connectivity index (χ3n) is 2.93. The van der Waals surface area contributed by atoms with Crippen LogP contribution >= 0.6 is 0 Å². The minimum Gasteiger partial charge on any atom is -0.375 e. The van der Waals surface area contributed by atoms with Crippen molar-refractivity contribution in [2.24, 2.45) is 5.84 Å². The van der Waals surface area contributed by atoms with Crippen LogP contribution in [0.15, 0.2) is 18.2 Å². The zero-order valence-electron chi connectivity index (χ0n) is 10.1. The van der Waals surface area contributed by atoms with Crippen LogP contribution in [0.3, 0.4) is 0 Å². The molecule has 7 heteroatoms. The van der Waals surface area contributed by atoms with Crippen LogP contribution in [-0.2, 0) is 4.74 Å². The van der Waals surface area contributed by atoms with E-state index in [1.54, 1.807) is 18.2 Å². The molecular formula is C11H16N4O3. The van der Waals surface area contributed by atoms with Crippen LogP contribution in [0, 0.1) is 10.1 Å². The number of nitro groups is 1. The van der Waals surface area contributed by atoms with E-state index in [4.69, 9.17) is 10.6 Å². The van der Waals surface area contributed by atoms with Gasteiger partial charge in [-0.15, -0.1) is 0 Å². The summed E-state index contributed by atoms with van der Waals surface area (Å²) < 4.78 is 5.43. The minimum absolute atomic E-state index is 0.00843. The van der Waals surface area contributed by atoms with Crippen molar-refractivity contribution in [1.29, 1.82) is 0 Å². The highest BCUT2D eigenvalue weighted by Gasteiger charge is 2.26. The zero-order chi connectivity index (χ0) is 13.1. The molecule has 0 bridgehead atoms. The third-order valence-corrected chi connectivity index (χ3v) is 2.93. The van der Waals surface area contributed by atoms with Crippen molar-refractivity contribution in [2.75, 3.05) is 30.0 Å². The Bertz CT molecular complexity index is 452. The fraction of sp³-hybridized carbons (Fsp3) is 0.455. The number of hydrogen-bond donors (Lipinski definition) is 2. The summed E-state index contributed by atoms with van der Waals surface area (Å²) >= 11 is 0. The molecule has 0 amide bonds. The van der Waals surface area contributed by atoms with Gasteiger partial charge in [0.2, 0.25) is 0 Å². The highest BCUT2D eigenvalue weighted by molar-refractivity contribution is 5.76. The molecule has 7 nitrogen and oxygen atoms in total. The number of hydrazine groups is 1. The lowest BCUT2D eigenvalue weighted by molar-refractivity contribution is -0.383. The fourth-order valence-electron chi connectivity index (χ4n) is 2.13. The second kappa shape index (κ2) is 5.19. The Hall–Kier alpha value is -1.86. The number of nitrogens with zero attached hydrogens (tertiary/aromatic N) is 2. The largest absolute Gasteiger partial charge is 0.375 e. The van der Waals surface area contributed by atoms with Gasteiger partial charge in [0.25, 0.3) is 0 Å². The van der Waals surface area contributed by atoms with Gasteiger partial charge in [-0.05, 0) is 19.1 Å². The molecule has 1 aromatic carbocycles. The van der Waals surface area contributed by atoms with E-state index in [0.717, 1.165) is 0 Å². The van der Waals surface area contributed by atoms with Crippen molar-refractivity contribution in [3.8, 4) is 0 Å². The lowest BCUT2D eigenvalue weighted by Gasteiger charge is -2.32. The molecule has 1 fully saturated rings. The molecule has 1 aromatic rings. The minimum atomic E-state index is -0.412. The molecule has 1 heterocycles. The second-order valence-electron chi connectivity index (χ2n) is 4.20. The summed E-state index contributed by atoms with van der Waals surface area (Å²) in [5, 5.41) is 11.2. The Morgan fingerprint density at radius 1 is 1.61 bits per heavy atom. The summed E-state index contributed by atoms with van der Waals surface area (Å²) in [6.07, 6.45) is 0.0628. The maximum atomic E-state index is 11.2. The van der Waals surface area contributed by atoms with Crippen molar-refractivity contribution in [3.63, 3.8) is 0 Å². The summed E-state index contributed by atoms with van der Waals surface area (Å²) in [6.45, 7) is 3.79. The number of nitro benzene ring substituents is 1. The van der Waals surface area contributed by atoms with Crippen molar-refractivity contribution in [2.45, 2.75) is 13.0 Å². The van der Waals surface area contributed by atoms with Gasteiger partial charge in [0, 0.05) is 13.1 Å².